The molecule has 0 unspecified atom stereocenters. The van der Waals surface area contributed by atoms with Crippen molar-refractivity contribution in [3.05, 3.63) is 11.8 Å². The fourth-order valence-corrected chi connectivity index (χ4v) is 1.42. The maximum Gasteiger partial charge on any atom is 0.259 e. The van der Waals surface area contributed by atoms with Crippen LogP contribution in [0.5, 0.6) is 0 Å². The van der Waals surface area contributed by atoms with E-state index in [1.807, 2.05) is 11.8 Å². The van der Waals surface area contributed by atoms with Crippen LogP contribution in [0.3, 0.4) is 0 Å². The molecule has 0 rings (SSSR count). The summed E-state index contributed by atoms with van der Waals surface area (Å²) in [4.78, 5) is 0. The number of halogens is 2. The van der Waals surface area contributed by atoms with E-state index in [1.54, 1.807) is 0 Å². The van der Waals surface area contributed by atoms with E-state index in [0.29, 0.717) is 5.92 Å². The summed E-state index contributed by atoms with van der Waals surface area (Å²) < 4.78 is 0. The lowest BCUT2D eigenvalue weighted by Crippen LogP contribution is -1.86. The maximum atomic E-state index is 5.54. The molecule has 0 saturated carbocycles. The van der Waals surface area contributed by atoms with Gasteiger partial charge in [-0.05, 0) is 5.92 Å². The molecule has 0 amide bonds. The molecule has 0 nitrogen and oxygen atoms in total. The van der Waals surface area contributed by atoms with Crippen molar-refractivity contribution in [1.82, 2.24) is 0 Å². The first kappa shape index (κ1) is 8.54. The molecule has 0 heterocycles. The Morgan fingerprint density at radius 3 is 2.00 bits per heavy atom. The van der Waals surface area contributed by atoms with Crippen LogP contribution in [0.25, 0.3) is 0 Å². The van der Waals surface area contributed by atoms with Crippen molar-refractivity contribution in [3.63, 3.8) is 0 Å². The average Bonchev–Trinajstić information content (AvgIpc) is 1.61. The summed E-state index contributed by atoms with van der Waals surface area (Å²) in [6, 6.07) is 0. The third-order valence-electron chi connectivity index (χ3n) is 0.641. The Kier molecular flexibility index (Phi) is 4.72. The van der Waals surface area contributed by atoms with Crippen LogP contribution in [0, 0.1) is 5.92 Å². The molecule has 0 aromatic heterocycles. The highest BCUT2D eigenvalue weighted by Gasteiger charge is 1.92. The van der Waals surface area contributed by atoms with Crippen molar-refractivity contribution < 1.29 is 0 Å². The molecular weight excluding hydrogens is 159 g/mol. The summed E-state index contributed by atoms with van der Waals surface area (Å²) in [5.41, 5.74) is 1.91. The van der Waals surface area contributed by atoms with E-state index in [2.05, 4.69) is 13.8 Å². The Bertz CT molecular complexity index is 68.5. The van der Waals surface area contributed by atoms with Crippen molar-refractivity contribution in [2.75, 3.05) is 0 Å². The average molecular weight is 169 g/mol. The Morgan fingerprint density at radius 1 is 1.38 bits per heavy atom. The van der Waals surface area contributed by atoms with Crippen molar-refractivity contribution in [3.8, 4) is 0 Å². The fourth-order valence-electron chi connectivity index (χ4n) is 0.306. The minimum absolute atomic E-state index is 0.572. The molecule has 48 valence electrons. The van der Waals surface area contributed by atoms with E-state index in [9.17, 15) is 0 Å². The van der Waals surface area contributed by atoms with Crippen molar-refractivity contribution in [1.29, 1.82) is 0 Å². The van der Waals surface area contributed by atoms with Gasteiger partial charge in [0.25, 0.3) is 7.42 Å². The maximum absolute atomic E-state index is 5.54. The lowest BCUT2D eigenvalue weighted by molar-refractivity contribution is 0.833. The van der Waals surface area contributed by atoms with Crippen molar-refractivity contribution >= 4 is 29.6 Å². The molecule has 0 radical (unpaired) electrons. The molecule has 0 aliphatic heterocycles. The molecule has 0 N–H and O–H groups in total. The van der Waals surface area contributed by atoms with Gasteiger partial charge < -0.3 is 0 Å². The second-order valence-electron chi connectivity index (χ2n) is 1.96. The molecule has 0 atom stereocenters. The van der Waals surface area contributed by atoms with E-state index in [0.717, 1.165) is 0 Å². The first-order valence-electron chi connectivity index (χ1n) is 2.59. The molecule has 0 aliphatic rings. The summed E-state index contributed by atoms with van der Waals surface area (Å²) in [5.74, 6) is 0.572. The van der Waals surface area contributed by atoms with Crippen LogP contribution in [0.1, 0.15) is 13.8 Å². The molecule has 0 saturated heterocycles. The van der Waals surface area contributed by atoms with Gasteiger partial charge in [0.1, 0.15) is 0 Å². The standard InChI is InChI=1S/C5H10Cl2Si/c1-5(2)3-4-8(6)7/h3-5,8H,1-2H3. The quantitative estimate of drug-likeness (QED) is 0.440. The van der Waals surface area contributed by atoms with E-state index in [1.165, 1.54) is 0 Å². The van der Waals surface area contributed by atoms with E-state index < -0.39 is 7.42 Å². The van der Waals surface area contributed by atoms with Crippen LogP contribution in [0.15, 0.2) is 11.8 Å². The van der Waals surface area contributed by atoms with E-state index in [4.69, 9.17) is 22.2 Å². The van der Waals surface area contributed by atoms with E-state index >= 15 is 0 Å². The molecule has 0 spiro atoms. The molecule has 3 heteroatoms. The largest absolute Gasteiger partial charge is 0.259 e. The zero-order chi connectivity index (χ0) is 6.57. The smallest absolute Gasteiger partial charge is 0.145 e. The summed E-state index contributed by atoms with van der Waals surface area (Å²) in [7, 11) is -1.46. The van der Waals surface area contributed by atoms with Crippen LogP contribution < -0.4 is 0 Å². The van der Waals surface area contributed by atoms with Crippen LogP contribution in [0.2, 0.25) is 0 Å². The van der Waals surface area contributed by atoms with Gasteiger partial charge in [0.15, 0.2) is 0 Å². The molecule has 0 aliphatic carbocycles. The van der Waals surface area contributed by atoms with E-state index in [-0.39, 0.29) is 0 Å². The zero-order valence-corrected chi connectivity index (χ0v) is 7.73. The van der Waals surface area contributed by atoms with Crippen molar-refractivity contribution in [2.45, 2.75) is 13.8 Å². The summed E-state index contributed by atoms with van der Waals surface area (Å²) in [6.45, 7) is 4.20. The van der Waals surface area contributed by atoms with Crippen LogP contribution in [-0.4, -0.2) is 7.42 Å². The number of rotatable bonds is 2. The van der Waals surface area contributed by atoms with Gasteiger partial charge in [0.2, 0.25) is 0 Å². The highest BCUT2D eigenvalue weighted by molar-refractivity contribution is 7.36. The first-order chi connectivity index (χ1) is 3.63. The minimum Gasteiger partial charge on any atom is -0.145 e. The van der Waals surface area contributed by atoms with Gasteiger partial charge in [0.05, 0.1) is 0 Å². The SMILES string of the molecule is CC(C)C=C[SiH](Cl)Cl. The van der Waals surface area contributed by atoms with Crippen LogP contribution in [0.4, 0.5) is 0 Å². The lowest BCUT2D eigenvalue weighted by Gasteiger charge is -1.91. The third kappa shape index (κ3) is 6.54. The summed E-state index contributed by atoms with van der Waals surface area (Å²) in [5, 5.41) is 0. The highest BCUT2D eigenvalue weighted by atomic mass is 35.7. The minimum atomic E-state index is -1.46. The monoisotopic (exact) mass is 168 g/mol. The topological polar surface area (TPSA) is 0 Å². The van der Waals surface area contributed by atoms with Gasteiger partial charge in [-0.1, -0.05) is 25.6 Å². The fraction of sp³-hybridized carbons (Fsp3) is 0.600. The molecule has 0 bridgehead atoms. The number of hydrogen-bond donors (Lipinski definition) is 0. The second kappa shape index (κ2) is 4.42. The summed E-state index contributed by atoms with van der Waals surface area (Å²) >= 11 is 11.1. The second-order valence-corrected chi connectivity index (χ2v) is 6.51. The third-order valence-corrected chi connectivity index (χ3v) is 2.03. The molecule has 0 fully saturated rings. The predicted molar refractivity (Wildman–Crippen MR) is 42.8 cm³/mol. The van der Waals surface area contributed by atoms with Gasteiger partial charge in [-0.25, -0.2) is 0 Å². The van der Waals surface area contributed by atoms with Gasteiger partial charge in [-0.3, -0.25) is 0 Å². The first-order valence-corrected chi connectivity index (χ1v) is 6.75. The molecule has 0 aromatic carbocycles. The van der Waals surface area contributed by atoms with Gasteiger partial charge in [-0.2, -0.15) is 0 Å². The van der Waals surface area contributed by atoms with Gasteiger partial charge >= 0.3 is 0 Å². The Morgan fingerprint density at radius 2 is 1.88 bits per heavy atom. The van der Waals surface area contributed by atoms with Gasteiger partial charge in [-0.15, -0.1) is 22.2 Å². The lowest BCUT2D eigenvalue weighted by atomic mass is 10.2. The Hall–Kier alpha value is 0.537. The molecule has 0 aromatic rings. The van der Waals surface area contributed by atoms with Crippen LogP contribution >= 0.6 is 22.2 Å². The number of allylic oxidation sites excluding steroid dienone is 1. The number of hydrogen-bond acceptors (Lipinski definition) is 0. The van der Waals surface area contributed by atoms with Crippen molar-refractivity contribution in [2.24, 2.45) is 5.92 Å². The molecule has 8 heavy (non-hydrogen) atoms. The normalized spacial score (nSPS) is 12.2. The summed E-state index contributed by atoms with van der Waals surface area (Å²) in [6.07, 6.45) is 2.04. The van der Waals surface area contributed by atoms with Gasteiger partial charge in [0, 0.05) is 0 Å². The highest BCUT2D eigenvalue weighted by Crippen LogP contribution is 2.00. The molecular formula is C5H10Cl2Si. The Labute approximate surface area is 61.5 Å². The van der Waals surface area contributed by atoms with Crippen LogP contribution in [-0.2, 0) is 0 Å². The zero-order valence-electron chi connectivity index (χ0n) is 5.07. The Balaban J connectivity index is 3.34. The predicted octanol–water partition coefficient (Wildman–Crippen LogP) is 2.44.